The standard InChI is InChI=1S/C17H21FN4O2/c1-2-6-19-16(23)12-21-7-9-22(10-8-21)13-17(24)20-15-5-3-4-14(18)11-15/h1,3-5,11H,6-10,12-13H2,(H,19,23)(H,20,24)/p+2. The van der Waals surface area contributed by atoms with E-state index in [1.54, 1.807) is 12.1 Å². The Morgan fingerprint density at radius 3 is 2.33 bits per heavy atom. The Morgan fingerprint density at radius 2 is 1.75 bits per heavy atom. The van der Waals surface area contributed by atoms with Gasteiger partial charge in [-0.2, -0.15) is 0 Å². The number of carbonyl (C=O) groups excluding carboxylic acids is 2. The van der Waals surface area contributed by atoms with E-state index in [2.05, 4.69) is 16.6 Å². The van der Waals surface area contributed by atoms with E-state index in [0.717, 1.165) is 31.1 Å². The molecule has 1 heterocycles. The first-order chi connectivity index (χ1) is 11.6. The molecule has 1 saturated heterocycles. The molecule has 1 aliphatic heterocycles. The topological polar surface area (TPSA) is 67.1 Å². The summed E-state index contributed by atoms with van der Waals surface area (Å²) < 4.78 is 13.1. The lowest BCUT2D eigenvalue weighted by molar-refractivity contribution is -1.00. The summed E-state index contributed by atoms with van der Waals surface area (Å²) in [5.41, 5.74) is 0.467. The lowest BCUT2D eigenvalue weighted by atomic mass is 10.3. The summed E-state index contributed by atoms with van der Waals surface area (Å²) in [7, 11) is 0. The summed E-state index contributed by atoms with van der Waals surface area (Å²) in [5, 5.41) is 5.36. The van der Waals surface area contributed by atoms with E-state index in [9.17, 15) is 14.0 Å². The normalized spacial score (nSPS) is 20.0. The average Bonchev–Trinajstić information content (AvgIpc) is 2.54. The second-order valence-electron chi connectivity index (χ2n) is 5.89. The SMILES string of the molecule is C#CCNC(=O)C[NH+]1CC[NH+](CC(=O)Nc2cccc(F)c2)CC1. The van der Waals surface area contributed by atoms with E-state index >= 15 is 0 Å². The lowest BCUT2D eigenvalue weighted by Crippen LogP contribution is -3.28. The minimum Gasteiger partial charge on any atom is -0.340 e. The van der Waals surface area contributed by atoms with Crippen LogP contribution >= 0.6 is 0 Å². The molecule has 0 radical (unpaired) electrons. The molecule has 0 bridgehead atoms. The second kappa shape index (κ2) is 9.01. The molecule has 1 aromatic rings. The first-order valence-electron chi connectivity index (χ1n) is 7.99. The molecule has 0 unspecified atom stereocenters. The summed E-state index contributed by atoms with van der Waals surface area (Å²) in [6.07, 6.45) is 5.10. The Labute approximate surface area is 141 Å². The van der Waals surface area contributed by atoms with Crippen LogP contribution in [0.15, 0.2) is 24.3 Å². The fourth-order valence-electron chi connectivity index (χ4n) is 2.75. The molecular formula is C17H23FN4O2+2. The van der Waals surface area contributed by atoms with E-state index in [-0.39, 0.29) is 24.2 Å². The van der Waals surface area contributed by atoms with Gasteiger partial charge in [-0.3, -0.25) is 9.59 Å². The van der Waals surface area contributed by atoms with Crippen molar-refractivity contribution in [2.75, 3.05) is 51.1 Å². The van der Waals surface area contributed by atoms with Gasteiger partial charge in [0, 0.05) is 5.69 Å². The van der Waals surface area contributed by atoms with Gasteiger partial charge in [0.25, 0.3) is 11.8 Å². The number of halogens is 1. The van der Waals surface area contributed by atoms with Crippen molar-refractivity contribution < 1.29 is 23.8 Å². The van der Waals surface area contributed by atoms with Crippen molar-refractivity contribution in [3.8, 4) is 12.3 Å². The molecule has 2 amide bonds. The summed E-state index contributed by atoms with van der Waals surface area (Å²) in [4.78, 5) is 26.0. The third kappa shape index (κ3) is 5.99. The van der Waals surface area contributed by atoms with Gasteiger partial charge in [0.1, 0.15) is 32.0 Å². The molecule has 6 nitrogen and oxygen atoms in total. The number of carbonyl (C=O) groups is 2. The number of hydrogen-bond acceptors (Lipinski definition) is 2. The molecule has 0 aliphatic carbocycles. The molecule has 0 aromatic heterocycles. The number of benzene rings is 1. The molecule has 2 rings (SSSR count). The lowest BCUT2D eigenvalue weighted by Gasteiger charge is -2.28. The molecule has 0 atom stereocenters. The molecule has 128 valence electrons. The van der Waals surface area contributed by atoms with Crippen molar-refractivity contribution in [2.45, 2.75) is 0 Å². The first-order valence-corrected chi connectivity index (χ1v) is 7.99. The Kier molecular flexibility index (Phi) is 6.73. The van der Waals surface area contributed by atoms with Gasteiger partial charge in [-0.25, -0.2) is 4.39 Å². The molecule has 4 N–H and O–H groups in total. The van der Waals surface area contributed by atoms with Crippen molar-refractivity contribution in [3.63, 3.8) is 0 Å². The Bertz CT molecular complexity index is 621. The molecule has 1 fully saturated rings. The van der Waals surface area contributed by atoms with E-state index in [1.807, 2.05) is 0 Å². The highest BCUT2D eigenvalue weighted by atomic mass is 19.1. The van der Waals surface area contributed by atoms with Crippen LogP contribution in [0.3, 0.4) is 0 Å². The van der Waals surface area contributed by atoms with Gasteiger partial charge in [0.15, 0.2) is 13.1 Å². The van der Waals surface area contributed by atoms with Gasteiger partial charge in [0.05, 0.1) is 6.54 Å². The predicted molar refractivity (Wildman–Crippen MR) is 88.0 cm³/mol. The third-order valence-corrected chi connectivity index (χ3v) is 3.98. The minimum absolute atomic E-state index is 0.0461. The summed E-state index contributed by atoms with van der Waals surface area (Å²) in [6, 6.07) is 5.85. The van der Waals surface area contributed by atoms with Crippen LogP contribution < -0.4 is 20.4 Å². The monoisotopic (exact) mass is 334 g/mol. The number of hydrogen-bond donors (Lipinski definition) is 4. The number of anilines is 1. The highest BCUT2D eigenvalue weighted by molar-refractivity contribution is 5.91. The van der Waals surface area contributed by atoms with Gasteiger partial charge in [0.2, 0.25) is 0 Å². The molecule has 7 heteroatoms. The van der Waals surface area contributed by atoms with E-state index < -0.39 is 0 Å². The largest absolute Gasteiger partial charge is 0.340 e. The Hall–Kier alpha value is -2.43. The maximum atomic E-state index is 13.1. The van der Waals surface area contributed by atoms with Crippen molar-refractivity contribution in [1.29, 1.82) is 0 Å². The van der Waals surface area contributed by atoms with Gasteiger partial charge in [-0.1, -0.05) is 12.0 Å². The van der Waals surface area contributed by atoms with Gasteiger partial charge in [-0.15, -0.1) is 6.42 Å². The van der Waals surface area contributed by atoms with Gasteiger partial charge in [-0.05, 0) is 18.2 Å². The van der Waals surface area contributed by atoms with Crippen molar-refractivity contribution in [1.82, 2.24) is 5.32 Å². The van der Waals surface area contributed by atoms with Crippen LogP contribution in [-0.2, 0) is 9.59 Å². The van der Waals surface area contributed by atoms with Crippen molar-refractivity contribution >= 4 is 17.5 Å². The predicted octanol–water partition coefficient (Wildman–Crippen LogP) is -2.70. The summed E-state index contributed by atoms with van der Waals surface area (Å²) in [6.45, 7) is 4.28. The van der Waals surface area contributed by atoms with Crippen LogP contribution in [0.5, 0.6) is 0 Å². The number of quaternary nitrogens is 2. The zero-order valence-electron chi connectivity index (χ0n) is 13.5. The van der Waals surface area contributed by atoms with E-state index in [1.165, 1.54) is 17.0 Å². The number of nitrogens with one attached hydrogen (secondary N) is 4. The van der Waals surface area contributed by atoms with Crippen LogP contribution in [0.1, 0.15) is 0 Å². The van der Waals surface area contributed by atoms with Crippen molar-refractivity contribution in [3.05, 3.63) is 30.1 Å². The number of piperazine rings is 1. The second-order valence-corrected chi connectivity index (χ2v) is 5.89. The smallest absolute Gasteiger partial charge is 0.279 e. The zero-order valence-corrected chi connectivity index (χ0v) is 13.5. The maximum Gasteiger partial charge on any atom is 0.279 e. The Morgan fingerprint density at radius 1 is 1.12 bits per heavy atom. The van der Waals surface area contributed by atoms with Crippen LogP contribution in [0, 0.1) is 18.2 Å². The quantitative estimate of drug-likeness (QED) is 0.428. The first kappa shape index (κ1) is 17.9. The van der Waals surface area contributed by atoms with E-state index in [4.69, 9.17) is 6.42 Å². The van der Waals surface area contributed by atoms with Gasteiger partial charge >= 0.3 is 0 Å². The van der Waals surface area contributed by atoms with Crippen LogP contribution in [0.2, 0.25) is 0 Å². The maximum absolute atomic E-state index is 13.1. The van der Waals surface area contributed by atoms with Crippen molar-refractivity contribution in [2.24, 2.45) is 0 Å². The molecule has 1 aromatic carbocycles. The van der Waals surface area contributed by atoms with Crippen LogP contribution in [0.4, 0.5) is 10.1 Å². The Balaban J connectivity index is 1.70. The zero-order chi connectivity index (χ0) is 17.4. The van der Waals surface area contributed by atoms with Crippen LogP contribution in [0.25, 0.3) is 0 Å². The number of amides is 2. The third-order valence-electron chi connectivity index (χ3n) is 3.98. The minimum atomic E-state index is -0.375. The number of rotatable bonds is 6. The molecule has 0 saturated carbocycles. The van der Waals surface area contributed by atoms with E-state index in [0.29, 0.717) is 18.8 Å². The highest BCUT2D eigenvalue weighted by Crippen LogP contribution is 2.08. The molecular weight excluding hydrogens is 311 g/mol. The van der Waals surface area contributed by atoms with Crippen LogP contribution in [-0.4, -0.2) is 57.6 Å². The fourth-order valence-corrected chi connectivity index (χ4v) is 2.75. The average molecular weight is 334 g/mol. The van der Waals surface area contributed by atoms with Gasteiger partial charge < -0.3 is 20.4 Å². The number of terminal acetylenes is 1. The molecule has 24 heavy (non-hydrogen) atoms. The summed E-state index contributed by atoms with van der Waals surface area (Å²) in [5.74, 6) is 1.82. The molecule has 0 spiro atoms. The summed E-state index contributed by atoms with van der Waals surface area (Å²) >= 11 is 0. The molecule has 1 aliphatic rings. The fraction of sp³-hybridized carbons (Fsp3) is 0.412. The highest BCUT2D eigenvalue weighted by Gasteiger charge is 2.26.